The van der Waals surface area contributed by atoms with Crippen LogP contribution in [-0.2, 0) is 18.3 Å². The van der Waals surface area contributed by atoms with Crippen LogP contribution in [0.5, 0.6) is 0 Å². The van der Waals surface area contributed by atoms with Crippen LogP contribution in [0.2, 0.25) is 0 Å². The van der Waals surface area contributed by atoms with Gasteiger partial charge in [-0.2, -0.15) is 0 Å². The lowest BCUT2D eigenvalue weighted by Crippen LogP contribution is -2.26. The molecule has 4 heteroatoms. The van der Waals surface area contributed by atoms with Gasteiger partial charge in [0.2, 0.25) is 0 Å². The zero-order valence-electron chi connectivity index (χ0n) is 40.0. The summed E-state index contributed by atoms with van der Waals surface area (Å²) in [4.78, 5) is 28.5. The lowest BCUT2D eigenvalue weighted by atomic mass is 9.70. The van der Waals surface area contributed by atoms with Gasteiger partial charge in [0.15, 0.2) is 0 Å². The van der Waals surface area contributed by atoms with E-state index >= 15 is 0 Å². The Hall–Kier alpha value is -8.34. The van der Waals surface area contributed by atoms with Crippen LogP contribution in [0.1, 0.15) is 81.5 Å². The van der Waals surface area contributed by atoms with Crippen LogP contribution in [0.25, 0.3) is 32.7 Å². The summed E-state index contributed by atoms with van der Waals surface area (Å²) in [5, 5.41) is 4.80. The highest BCUT2D eigenvalue weighted by atomic mass is 16.1. The van der Waals surface area contributed by atoms with Crippen LogP contribution in [0, 0.1) is 0 Å². The molecular weight excluding hydrogens is 865 g/mol. The van der Waals surface area contributed by atoms with Gasteiger partial charge in [-0.15, -0.1) is 0 Å². The number of unbranched alkanes of at least 4 members (excludes halogenated alkanes) is 2. The molecule has 0 N–H and O–H groups in total. The Balaban J connectivity index is 1.09. The topological polar surface area (TPSA) is 40.6 Å². The van der Waals surface area contributed by atoms with Crippen molar-refractivity contribution in [2.75, 3.05) is 9.80 Å². The van der Waals surface area contributed by atoms with Gasteiger partial charge >= 0.3 is 0 Å². The van der Waals surface area contributed by atoms with Crippen molar-refractivity contribution in [2.45, 2.75) is 56.8 Å². The zero-order valence-corrected chi connectivity index (χ0v) is 40.0. The second-order valence-electron chi connectivity index (χ2n) is 19.0. The Labute approximate surface area is 417 Å². The van der Waals surface area contributed by atoms with Gasteiger partial charge in [-0.1, -0.05) is 171 Å². The third kappa shape index (κ3) is 9.06. The molecule has 0 aliphatic heterocycles. The highest BCUT2D eigenvalue weighted by Crippen LogP contribution is 2.57. The predicted molar refractivity (Wildman–Crippen MR) is 296 cm³/mol. The fourth-order valence-corrected chi connectivity index (χ4v) is 11.4. The van der Waals surface area contributed by atoms with E-state index in [4.69, 9.17) is 0 Å². The lowest BCUT2D eigenvalue weighted by molar-refractivity contribution is 0.111. The Morgan fingerprint density at radius 3 is 1.21 bits per heavy atom. The predicted octanol–water partition coefficient (Wildman–Crippen LogP) is 17.7. The summed E-state index contributed by atoms with van der Waals surface area (Å²) >= 11 is 0. The van der Waals surface area contributed by atoms with Gasteiger partial charge in [0, 0.05) is 50.1 Å². The molecule has 71 heavy (non-hydrogen) atoms. The minimum atomic E-state index is -0.339. The van der Waals surface area contributed by atoms with Crippen molar-refractivity contribution >= 4 is 68.2 Å². The average Bonchev–Trinajstić information content (AvgIpc) is 3.69. The maximum Gasteiger partial charge on any atom is 0.150 e. The Bertz CT molecular complexity index is 3260. The molecule has 0 fully saturated rings. The zero-order chi connectivity index (χ0) is 48.0. The molecule has 0 radical (unpaired) electrons. The monoisotopic (exact) mass is 920 g/mol. The van der Waals surface area contributed by atoms with E-state index in [0.717, 1.165) is 109 Å². The van der Waals surface area contributed by atoms with Crippen molar-refractivity contribution in [1.29, 1.82) is 0 Å². The van der Waals surface area contributed by atoms with Gasteiger partial charge in [0.1, 0.15) is 12.6 Å². The molecule has 346 valence electrons. The number of nitrogens with zero attached hydrogens (tertiary/aromatic N) is 2. The van der Waals surface area contributed by atoms with E-state index in [1.54, 1.807) is 0 Å². The quantitative estimate of drug-likeness (QED) is 0.0635. The molecule has 10 aromatic carbocycles. The van der Waals surface area contributed by atoms with E-state index in [9.17, 15) is 9.59 Å². The molecule has 11 rings (SSSR count). The van der Waals surface area contributed by atoms with Gasteiger partial charge in [-0.25, -0.2) is 0 Å². The first-order valence-electron chi connectivity index (χ1n) is 25.1. The van der Waals surface area contributed by atoms with Crippen LogP contribution < -0.4 is 9.80 Å². The highest BCUT2D eigenvalue weighted by molar-refractivity contribution is 6.01. The summed E-state index contributed by atoms with van der Waals surface area (Å²) in [6, 6.07) is 82.8. The number of anilines is 6. The van der Waals surface area contributed by atoms with E-state index in [-0.39, 0.29) is 5.41 Å². The first kappa shape index (κ1) is 45.1. The summed E-state index contributed by atoms with van der Waals surface area (Å²) in [5.74, 6) is 0. The lowest BCUT2D eigenvalue weighted by Gasteiger charge is -2.35. The Morgan fingerprint density at radius 1 is 0.352 bits per heavy atom. The molecule has 0 aromatic heterocycles. The molecule has 1 aliphatic carbocycles. The molecule has 0 saturated heterocycles. The van der Waals surface area contributed by atoms with Crippen LogP contribution in [0.15, 0.2) is 231 Å². The summed E-state index contributed by atoms with van der Waals surface area (Å²) in [7, 11) is 0. The number of para-hydroxylation sites is 2. The highest BCUT2D eigenvalue weighted by Gasteiger charge is 2.43. The van der Waals surface area contributed by atoms with Crippen molar-refractivity contribution in [3.05, 3.63) is 264 Å². The molecule has 0 unspecified atom stereocenters. The first-order valence-corrected chi connectivity index (χ1v) is 25.1. The van der Waals surface area contributed by atoms with E-state index in [2.05, 4.69) is 204 Å². The van der Waals surface area contributed by atoms with E-state index < -0.39 is 0 Å². The second-order valence-corrected chi connectivity index (χ2v) is 19.0. The first-order chi connectivity index (χ1) is 35.1. The van der Waals surface area contributed by atoms with Gasteiger partial charge in [-0.05, 0) is 155 Å². The van der Waals surface area contributed by atoms with E-state index in [1.165, 1.54) is 54.9 Å². The summed E-state index contributed by atoms with van der Waals surface area (Å²) < 4.78 is 0. The van der Waals surface area contributed by atoms with E-state index in [1.807, 2.05) is 36.4 Å². The van der Waals surface area contributed by atoms with Crippen molar-refractivity contribution < 1.29 is 9.59 Å². The number of benzene rings is 10. The third-order valence-electron chi connectivity index (χ3n) is 14.7. The molecule has 0 bridgehead atoms. The number of hydrogen-bond acceptors (Lipinski definition) is 4. The largest absolute Gasteiger partial charge is 0.310 e. The molecule has 4 nitrogen and oxygen atoms in total. The Morgan fingerprint density at radius 2 is 0.761 bits per heavy atom. The van der Waals surface area contributed by atoms with Crippen LogP contribution >= 0.6 is 0 Å². The Kier molecular flexibility index (Phi) is 12.9. The number of fused-ring (bicyclic) bond motifs is 5. The molecule has 0 heterocycles. The second kappa shape index (κ2) is 20.3. The number of rotatable bonds is 18. The summed E-state index contributed by atoms with van der Waals surface area (Å²) in [6.45, 7) is 0. The number of aryl methyl sites for hydroxylation is 2. The van der Waals surface area contributed by atoms with Gasteiger partial charge < -0.3 is 9.80 Å². The minimum Gasteiger partial charge on any atom is -0.310 e. The molecule has 0 amide bonds. The smallest absolute Gasteiger partial charge is 0.150 e. The molecular formula is C67H56N2O2. The third-order valence-corrected chi connectivity index (χ3v) is 14.7. The summed E-state index contributed by atoms with van der Waals surface area (Å²) in [5.41, 5.74) is 15.5. The fraction of sp³-hybridized carbons (Fsp3) is 0.134. The maximum absolute atomic E-state index is 11.8. The maximum atomic E-state index is 11.8. The van der Waals surface area contributed by atoms with Crippen LogP contribution in [-0.4, -0.2) is 12.6 Å². The van der Waals surface area contributed by atoms with Crippen molar-refractivity contribution in [1.82, 2.24) is 0 Å². The van der Waals surface area contributed by atoms with Crippen molar-refractivity contribution in [3.8, 4) is 11.1 Å². The molecule has 0 atom stereocenters. The van der Waals surface area contributed by atoms with Gasteiger partial charge in [-0.3, -0.25) is 9.59 Å². The minimum absolute atomic E-state index is 0.339. The summed E-state index contributed by atoms with van der Waals surface area (Å²) in [6.07, 6.45) is 9.57. The number of carbonyl (C=O) groups is 2. The van der Waals surface area contributed by atoms with E-state index in [0.29, 0.717) is 0 Å². The number of hydrogen-bond donors (Lipinski definition) is 0. The number of aldehydes is 2. The molecule has 0 spiro atoms. The van der Waals surface area contributed by atoms with Crippen molar-refractivity contribution in [2.24, 2.45) is 0 Å². The van der Waals surface area contributed by atoms with Crippen molar-refractivity contribution in [3.63, 3.8) is 0 Å². The molecule has 0 saturated carbocycles. The van der Waals surface area contributed by atoms with Gasteiger partial charge in [0.25, 0.3) is 0 Å². The van der Waals surface area contributed by atoms with Crippen LogP contribution in [0.4, 0.5) is 34.1 Å². The normalized spacial score (nSPS) is 12.3. The standard InChI is InChI=1S/C67H56N2O2/c70-47-51-23-15-21-49(43-51)19-11-13-41-67(42-14-12-20-50-22-16-24-52(44-50)48-71)63-45-57(68(55-29-3-1-4-30-55)65-35-17-27-53-25-7-9-33-59(53)65)37-39-61(63)62-40-38-58(46-64(62)67)69(56-31-5-2-6-32-56)66-36-18-28-54-26-8-10-34-60(54)66/h1-10,15-18,21-40,43-48H,11-14,19-20,41-42H2. The van der Waals surface area contributed by atoms with Crippen LogP contribution in [0.3, 0.4) is 0 Å². The fourth-order valence-electron chi connectivity index (χ4n) is 11.4. The molecule has 1 aliphatic rings. The number of carbonyl (C=O) groups excluding carboxylic acids is 2. The molecule has 10 aromatic rings. The average molecular weight is 921 g/mol. The SMILES string of the molecule is O=Cc1cccc(CCCCC2(CCCCc3cccc(C=O)c3)c3cc(N(c4ccccc4)c4cccc5ccccc45)ccc3-c3ccc(N(c4ccccc4)c4cccc5ccccc45)cc32)c1. The van der Waals surface area contributed by atoms with Gasteiger partial charge in [0.05, 0.1) is 11.4 Å².